The number of hydrogen-bond donors (Lipinski definition) is 1. The van der Waals surface area contributed by atoms with Gasteiger partial charge in [0.15, 0.2) is 0 Å². The van der Waals surface area contributed by atoms with Gasteiger partial charge in [-0.1, -0.05) is 50.6 Å². The number of piperidine rings is 1. The van der Waals surface area contributed by atoms with E-state index in [1.165, 1.54) is 5.56 Å². The minimum absolute atomic E-state index is 0.202. The number of aliphatic carboxylic acids is 1. The minimum Gasteiger partial charge on any atom is -0.481 e. The molecule has 1 fully saturated rings. The van der Waals surface area contributed by atoms with Gasteiger partial charge in [0.25, 0.3) is 0 Å². The molecule has 1 saturated heterocycles. The lowest BCUT2D eigenvalue weighted by atomic mass is 9.88. The predicted molar refractivity (Wildman–Crippen MR) is 85.4 cm³/mol. The summed E-state index contributed by atoms with van der Waals surface area (Å²) in [5, 5.41) is 9.30. The Kier molecular flexibility index (Phi) is 5.80. The van der Waals surface area contributed by atoms with Crippen LogP contribution in [0.25, 0.3) is 0 Å². The Hall–Kier alpha value is -1.35. The van der Waals surface area contributed by atoms with Gasteiger partial charge in [-0.25, -0.2) is 0 Å². The fourth-order valence-electron chi connectivity index (χ4n) is 3.54. The highest BCUT2D eigenvalue weighted by Crippen LogP contribution is 2.27. The van der Waals surface area contributed by atoms with E-state index in [4.69, 9.17) is 0 Å². The van der Waals surface area contributed by atoms with Crippen molar-refractivity contribution in [3.8, 4) is 0 Å². The van der Waals surface area contributed by atoms with Crippen LogP contribution in [0.5, 0.6) is 0 Å². The molecule has 3 nitrogen and oxygen atoms in total. The Morgan fingerprint density at radius 3 is 2.67 bits per heavy atom. The van der Waals surface area contributed by atoms with E-state index in [-0.39, 0.29) is 5.92 Å². The molecule has 0 bridgehead atoms. The summed E-state index contributed by atoms with van der Waals surface area (Å²) in [4.78, 5) is 13.7. The average molecular weight is 289 g/mol. The van der Waals surface area contributed by atoms with Crippen LogP contribution >= 0.6 is 0 Å². The lowest BCUT2D eigenvalue weighted by Gasteiger charge is -2.36. The second kappa shape index (κ2) is 7.60. The van der Waals surface area contributed by atoms with Gasteiger partial charge in [-0.2, -0.15) is 0 Å². The SMILES string of the molecule is CCCC(CN1CC(C)CC(C(=O)O)C1)c1ccccc1. The number of benzene rings is 1. The molecular formula is C18H27NO2. The van der Waals surface area contributed by atoms with Crippen molar-refractivity contribution in [2.75, 3.05) is 19.6 Å². The van der Waals surface area contributed by atoms with Crippen LogP contribution in [0.15, 0.2) is 30.3 Å². The highest BCUT2D eigenvalue weighted by Gasteiger charge is 2.30. The van der Waals surface area contributed by atoms with Gasteiger partial charge < -0.3 is 10.0 Å². The molecule has 1 N–H and O–H groups in total. The zero-order valence-electron chi connectivity index (χ0n) is 13.2. The van der Waals surface area contributed by atoms with Crippen LogP contribution in [0.4, 0.5) is 0 Å². The molecule has 1 aliphatic rings. The van der Waals surface area contributed by atoms with Crippen LogP contribution in [0.3, 0.4) is 0 Å². The maximum atomic E-state index is 11.3. The van der Waals surface area contributed by atoms with Gasteiger partial charge in [0, 0.05) is 19.6 Å². The van der Waals surface area contributed by atoms with Crippen LogP contribution in [0.2, 0.25) is 0 Å². The average Bonchev–Trinajstić information content (AvgIpc) is 2.47. The molecule has 0 radical (unpaired) electrons. The predicted octanol–water partition coefficient (Wildman–Crippen LogP) is 3.61. The van der Waals surface area contributed by atoms with Gasteiger partial charge in [-0.15, -0.1) is 0 Å². The molecule has 2 rings (SSSR count). The molecule has 116 valence electrons. The second-order valence-corrected chi connectivity index (χ2v) is 6.49. The molecule has 1 aromatic carbocycles. The van der Waals surface area contributed by atoms with Crippen LogP contribution < -0.4 is 0 Å². The van der Waals surface area contributed by atoms with Crippen molar-refractivity contribution < 1.29 is 9.90 Å². The summed E-state index contributed by atoms with van der Waals surface area (Å²) in [5.74, 6) is 0.138. The maximum absolute atomic E-state index is 11.3. The first kappa shape index (κ1) is 16.0. The third-order valence-corrected chi connectivity index (χ3v) is 4.47. The Labute approximate surface area is 128 Å². The summed E-state index contributed by atoms with van der Waals surface area (Å²) < 4.78 is 0. The Bertz CT molecular complexity index is 446. The van der Waals surface area contributed by atoms with Gasteiger partial charge in [-0.05, 0) is 30.2 Å². The van der Waals surface area contributed by atoms with E-state index in [9.17, 15) is 9.90 Å². The van der Waals surface area contributed by atoms with E-state index in [0.717, 1.165) is 32.4 Å². The lowest BCUT2D eigenvalue weighted by molar-refractivity contribution is -0.144. The van der Waals surface area contributed by atoms with E-state index >= 15 is 0 Å². The van der Waals surface area contributed by atoms with Crippen molar-refractivity contribution in [1.82, 2.24) is 4.90 Å². The molecule has 3 unspecified atom stereocenters. The molecule has 3 heteroatoms. The Morgan fingerprint density at radius 1 is 1.33 bits per heavy atom. The molecule has 1 aromatic rings. The van der Waals surface area contributed by atoms with E-state index < -0.39 is 5.97 Å². The monoisotopic (exact) mass is 289 g/mol. The number of carboxylic acid groups (broad SMARTS) is 1. The highest BCUT2D eigenvalue weighted by molar-refractivity contribution is 5.70. The molecule has 1 aliphatic heterocycles. The van der Waals surface area contributed by atoms with E-state index in [2.05, 4.69) is 49.1 Å². The van der Waals surface area contributed by atoms with Crippen molar-refractivity contribution in [3.05, 3.63) is 35.9 Å². The van der Waals surface area contributed by atoms with Crippen LogP contribution in [0, 0.1) is 11.8 Å². The molecule has 0 aliphatic carbocycles. The number of nitrogens with zero attached hydrogens (tertiary/aromatic N) is 1. The second-order valence-electron chi connectivity index (χ2n) is 6.49. The summed E-state index contributed by atoms with van der Waals surface area (Å²) in [5.41, 5.74) is 1.38. The van der Waals surface area contributed by atoms with Crippen LogP contribution in [-0.2, 0) is 4.79 Å². The molecule has 3 atom stereocenters. The summed E-state index contributed by atoms with van der Waals surface area (Å²) in [6.45, 7) is 7.09. The standard InChI is InChI=1S/C18H27NO2/c1-3-7-16(15-8-5-4-6-9-15)12-19-11-14(2)10-17(13-19)18(20)21/h4-6,8-9,14,16-17H,3,7,10-13H2,1-2H3,(H,20,21). The molecule has 0 aromatic heterocycles. The highest BCUT2D eigenvalue weighted by atomic mass is 16.4. The fourth-order valence-corrected chi connectivity index (χ4v) is 3.54. The zero-order valence-corrected chi connectivity index (χ0v) is 13.2. The number of likely N-dealkylation sites (tertiary alicyclic amines) is 1. The van der Waals surface area contributed by atoms with Crippen molar-refractivity contribution in [3.63, 3.8) is 0 Å². The summed E-state index contributed by atoms with van der Waals surface area (Å²) in [6.07, 6.45) is 3.13. The summed E-state index contributed by atoms with van der Waals surface area (Å²) in [7, 11) is 0. The smallest absolute Gasteiger partial charge is 0.307 e. The first-order valence-electron chi connectivity index (χ1n) is 8.10. The van der Waals surface area contributed by atoms with Crippen molar-refractivity contribution >= 4 is 5.97 Å². The largest absolute Gasteiger partial charge is 0.481 e. The van der Waals surface area contributed by atoms with Gasteiger partial charge in [0.2, 0.25) is 0 Å². The van der Waals surface area contributed by atoms with Crippen molar-refractivity contribution in [2.45, 2.75) is 39.0 Å². The number of hydrogen-bond acceptors (Lipinski definition) is 2. The number of carbonyl (C=O) groups is 1. The topological polar surface area (TPSA) is 40.5 Å². The molecule has 21 heavy (non-hydrogen) atoms. The van der Waals surface area contributed by atoms with Crippen LogP contribution in [-0.4, -0.2) is 35.6 Å². The van der Waals surface area contributed by atoms with Gasteiger partial charge in [-0.3, -0.25) is 4.79 Å². The van der Waals surface area contributed by atoms with E-state index in [1.54, 1.807) is 0 Å². The minimum atomic E-state index is -0.640. The molecule has 0 amide bonds. The van der Waals surface area contributed by atoms with Gasteiger partial charge >= 0.3 is 5.97 Å². The summed E-state index contributed by atoms with van der Waals surface area (Å²) in [6, 6.07) is 10.6. The zero-order chi connectivity index (χ0) is 15.2. The third kappa shape index (κ3) is 4.57. The first-order chi connectivity index (χ1) is 10.1. The molecule has 0 spiro atoms. The van der Waals surface area contributed by atoms with Crippen molar-refractivity contribution in [2.24, 2.45) is 11.8 Å². The van der Waals surface area contributed by atoms with Crippen molar-refractivity contribution in [1.29, 1.82) is 0 Å². The maximum Gasteiger partial charge on any atom is 0.307 e. The Balaban J connectivity index is 2.04. The Morgan fingerprint density at radius 2 is 2.05 bits per heavy atom. The fraction of sp³-hybridized carbons (Fsp3) is 0.611. The lowest BCUT2D eigenvalue weighted by Crippen LogP contribution is -2.44. The molecule has 0 saturated carbocycles. The van der Waals surface area contributed by atoms with Gasteiger partial charge in [0.05, 0.1) is 5.92 Å². The molecule has 1 heterocycles. The normalized spacial score (nSPS) is 24.7. The number of carboxylic acids is 1. The van der Waals surface area contributed by atoms with Gasteiger partial charge in [0.1, 0.15) is 0 Å². The van der Waals surface area contributed by atoms with E-state index in [1.807, 2.05) is 0 Å². The third-order valence-electron chi connectivity index (χ3n) is 4.47. The van der Waals surface area contributed by atoms with Crippen LogP contribution in [0.1, 0.15) is 44.6 Å². The van der Waals surface area contributed by atoms with E-state index in [0.29, 0.717) is 18.4 Å². The molecular weight excluding hydrogens is 262 g/mol. The quantitative estimate of drug-likeness (QED) is 0.869. The number of rotatable bonds is 6. The summed E-state index contributed by atoms with van der Waals surface area (Å²) >= 11 is 0. The first-order valence-corrected chi connectivity index (χ1v) is 8.10.